The number of nitrogens with one attached hydrogen (secondary N) is 1. The van der Waals surface area contributed by atoms with Crippen LogP contribution in [0.15, 0.2) is 42.7 Å². The smallest absolute Gasteiger partial charge is 0.306 e. The average Bonchev–Trinajstić information content (AvgIpc) is 2.79. The minimum absolute atomic E-state index is 0.326. The molecule has 0 amide bonds. The summed E-state index contributed by atoms with van der Waals surface area (Å²) in [6, 6.07) is 9.78. The van der Waals surface area contributed by atoms with E-state index in [1.54, 1.807) is 0 Å². The minimum Gasteiger partial charge on any atom is -0.306 e. The van der Waals surface area contributed by atoms with Crippen LogP contribution in [0.3, 0.4) is 0 Å². The van der Waals surface area contributed by atoms with Gasteiger partial charge >= 0.3 is 6.55 Å². The van der Waals surface area contributed by atoms with Crippen molar-refractivity contribution in [2.45, 2.75) is 19.6 Å². The van der Waals surface area contributed by atoms with Crippen molar-refractivity contribution in [3.63, 3.8) is 0 Å². The van der Waals surface area contributed by atoms with Crippen LogP contribution in [0.2, 0.25) is 0 Å². The van der Waals surface area contributed by atoms with E-state index in [2.05, 4.69) is 10.3 Å². The molecule has 1 aromatic heterocycles. The first-order chi connectivity index (χ1) is 8.27. The molecule has 17 heavy (non-hydrogen) atoms. The van der Waals surface area contributed by atoms with Crippen LogP contribution in [0.5, 0.6) is 0 Å². The number of nitrogens with zero attached hydrogens (tertiary/aromatic N) is 2. The van der Waals surface area contributed by atoms with Gasteiger partial charge in [0, 0.05) is 18.9 Å². The van der Waals surface area contributed by atoms with Crippen molar-refractivity contribution in [3.05, 3.63) is 54.1 Å². The number of alkyl halides is 2. The predicted molar refractivity (Wildman–Crippen MR) is 60.5 cm³/mol. The van der Waals surface area contributed by atoms with Gasteiger partial charge < -0.3 is 5.32 Å². The average molecular weight is 237 g/mol. The van der Waals surface area contributed by atoms with Gasteiger partial charge in [-0.3, -0.25) is 4.57 Å². The van der Waals surface area contributed by atoms with Gasteiger partial charge in [-0.25, -0.2) is 4.98 Å². The molecule has 0 unspecified atom stereocenters. The van der Waals surface area contributed by atoms with E-state index < -0.39 is 6.55 Å². The van der Waals surface area contributed by atoms with Crippen molar-refractivity contribution in [2.24, 2.45) is 0 Å². The normalized spacial score (nSPS) is 11.0. The van der Waals surface area contributed by atoms with Gasteiger partial charge in [-0.05, 0) is 5.56 Å². The van der Waals surface area contributed by atoms with E-state index in [0.29, 0.717) is 18.9 Å². The summed E-state index contributed by atoms with van der Waals surface area (Å²) in [7, 11) is 0. The van der Waals surface area contributed by atoms with Gasteiger partial charge in [0.25, 0.3) is 0 Å². The van der Waals surface area contributed by atoms with Gasteiger partial charge in [-0.2, -0.15) is 8.78 Å². The minimum atomic E-state index is -2.54. The molecular weight excluding hydrogens is 224 g/mol. The fraction of sp³-hybridized carbons (Fsp3) is 0.250. The quantitative estimate of drug-likeness (QED) is 0.866. The highest BCUT2D eigenvalue weighted by Gasteiger charge is 2.10. The molecule has 0 fully saturated rings. The fourth-order valence-corrected chi connectivity index (χ4v) is 1.57. The monoisotopic (exact) mass is 237 g/mol. The van der Waals surface area contributed by atoms with E-state index >= 15 is 0 Å². The Hall–Kier alpha value is -1.75. The van der Waals surface area contributed by atoms with E-state index in [0.717, 1.165) is 10.1 Å². The Kier molecular flexibility index (Phi) is 3.82. The Labute approximate surface area is 98.1 Å². The molecule has 0 aliphatic rings. The van der Waals surface area contributed by atoms with Crippen LogP contribution in [-0.4, -0.2) is 9.55 Å². The third-order valence-corrected chi connectivity index (χ3v) is 2.41. The van der Waals surface area contributed by atoms with E-state index in [1.807, 2.05) is 30.3 Å². The van der Waals surface area contributed by atoms with E-state index in [-0.39, 0.29) is 0 Å². The number of rotatable bonds is 5. The molecule has 3 nitrogen and oxygen atoms in total. The summed E-state index contributed by atoms with van der Waals surface area (Å²) in [5.74, 6) is 0.343. The maximum absolute atomic E-state index is 12.5. The Morgan fingerprint density at radius 3 is 2.65 bits per heavy atom. The first kappa shape index (κ1) is 11.7. The summed E-state index contributed by atoms with van der Waals surface area (Å²) in [6.07, 6.45) is 2.66. The van der Waals surface area contributed by atoms with Gasteiger partial charge in [0.2, 0.25) is 0 Å². The topological polar surface area (TPSA) is 29.9 Å². The molecule has 0 radical (unpaired) electrons. The second kappa shape index (κ2) is 5.54. The van der Waals surface area contributed by atoms with Crippen LogP contribution in [0.4, 0.5) is 8.78 Å². The molecule has 0 spiro atoms. The highest BCUT2D eigenvalue weighted by molar-refractivity contribution is 5.14. The zero-order valence-corrected chi connectivity index (χ0v) is 9.18. The Bertz CT molecular complexity index is 454. The van der Waals surface area contributed by atoms with Crippen molar-refractivity contribution in [1.29, 1.82) is 0 Å². The Morgan fingerprint density at radius 2 is 1.94 bits per heavy atom. The fourth-order valence-electron chi connectivity index (χ4n) is 1.57. The van der Waals surface area contributed by atoms with Crippen LogP contribution >= 0.6 is 0 Å². The largest absolute Gasteiger partial charge is 0.319 e. The van der Waals surface area contributed by atoms with Crippen LogP contribution in [0.1, 0.15) is 17.9 Å². The van der Waals surface area contributed by atoms with E-state index in [1.165, 1.54) is 12.4 Å². The van der Waals surface area contributed by atoms with E-state index in [4.69, 9.17) is 0 Å². The molecule has 90 valence electrons. The van der Waals surface area contributed by atoms with Gasteiger partial charge in [0.15, 0.2) is 0 Å². The molecule has 1 N–H and O–H groups in total. The molecule has 0 aliphatic heterocycles. The molecule has 2 rings (SSSR count). The number of hydrogen-bond donors (Lipinski definition) is 1. The zero-order valence-electron chi connectivity index (χ0n) is 9.18. The standard InChI is InChI=1S/C12H13F2N3/c13-12(14)17-7-6-16-11(17)9-15-8-10-4-2-1-3-5-10/h1-7,12,15H,8-9H2. The lowest BCUT2D eigenvalue weighted by Crippen LogP contribution is -2.16. The van der Waals surface area contributed by atoms with Crippen LogP contribution in [0, 0.1) is 0 Å². The Balaban J connectivity index is 1.88. The molecule has 0 saturated carbocycles. The van der Waals surface area contributed by atoms with Crippen molar-refractivity contribution in [2.75, 3.05) is 0 Å². The van der Waals surface area contributed by atoms with E-state index in [9.17, 15) is 8.78 Å². The highest BCUT2D eigenvalue weighted by atomic mass is 19.3. The summed E-state index contributed by atoms with van der Waals surface area (Å²) in [5.41, 5.74) is 1.11. The molecule has 0 saturated heterocycles. The number of hydrogen-bond acceptors (Lipinski definition) is 2. The van der Waals surface area contributed by atoms with Crippen molar-refractivity contribution < 1.29 is 8.78 Å². The highest BCUT2D eigenvalue weighted by Crippen LogP contribution is 2.12. The molecule has 0 aliphatic carbocycles. The second-order valence-corrected chi connectivity index (χ2v) is 3.62. The van der Waals surface area contributed by atoms with Crippen LogP contribution in [-0.2, 0) is 13.1 Å². The van der Waals surface area contributed by atoms with Gasteiger partial charge in [-0.15, -0.1) is 0 Å². The summed E-state index contributed by atoms with van der Waals surface area (Å²) in [5, 5.41) is 3.08. The van der Waals surface area contributed by atoms with Crippen LogP contribution in [0.25, 0.3) is 0 Å². The first-order valence-electron chi connectivity index (χ1n) is 5.32. The molecule has 0 bridgehead atoms. The lowest BCUT2D eigenvalue weighted by atomic mass is 10.2. The SMILES string of the molecule is FC(F)n1ccnc1CNCc1ccccc1. The molecular formula is C12H13F2N3. The van der Waals surface area contributed by atoms with Gasteiger partial charge in [-0.1, -0.05) is 30.3 Å². The number of halogens is 2. The summed E-state index contributed by atoms with van der Waals surface area (Å²) in [4.78, 5) is 3.89. The lowest BCUT2D eigenvalue weighted by Gasteiger charge is -2.07. The summed E-state index contributed by atoms with van der Waals surface area (Å²) < 4.78 is 25.9. The van der Waals surface area contributed by atoms with Crippen LogP contribution < -0.4 is 5.32 Å². The maximum Gasteiger partial charge on any atom is 0.319 e. The molecule has 1 aromatic carbocycles. The number of imidazole rings is 1. The summed E-state index contributed by atoms with van der Waals surface area (Å²) >= 11 is 0. The third-order valence-electron chi connectivity index (χ3n) is 2.41. The lowest BCUT2D eigenvalue weighted by molar-refractivity contribution is 0.0666. The Morgan fingerprint density at radius 1 is 1.18 bits per heavy atom. The number of aromatic nitrogens is 2. The van der Waals surface area contributed by atoms with Crippen molar-refractivity contribution >= 4 is 0 Å². The maximum atomic E-state index is 12.5. The zero-order chi connectivity index (χ0) is 12.1. The van der Waals surface area contributed by atoms with Crippen molar-refractivity contribution in [3.8, 4) is 0 Å². The molecule has 0 atom stereocenters. The molecule has 5 heteroatoms. The third kappa shape index (κ3) is 3.10. The molecule has 2 aromatic rings. The second-order valence-electron chi connectivity index (χ2n) is 3.62. The van der Waals surface area contributed by atoms with Crippen molar-refractivity contribution in [1.82, 2.24) is 14.9 Å². The van der Waals surface area contributed by atoms with Gasteiger partial charge in [0.05, 0.1) is 6.54 Å². The summed E-state index contributed by atoms with van der Waals surface area (Å²) in [6.45, 7) is -1.57. The predicted octanol–water partition coefficient (Wildman–Crippen LogP) is 2.57. The molecule has 1 heterocycles. The number of benzene rings is 1. The first-order valence-corrected chi connectivity index (χ1v) is 5.32. The van der Waals surface area contributed by atoms with Gasteiger partial charge in [0.1, 0.15) is 5.82 Å².